The van der Waals surface area contributed by atoms with E-state index in [1.807, 2.05) is 39.8 Å². The van der Waals surface area contributed by atoms with Crippen LogP contribution in [0.1, 0.15) is 67.3 Å². The molecule has 0 radical (unpaired) electrons. The summed E-state index contributed by atoms with van der Waals surface area (Å²) in [6, 6.07) is 12.5. The SMILES string of the molecule is Cc1cc2nc(C3CC3)sc2c(-c2ccc3c4c(cccc24)CCO3)c1C(OC(C)(C)C)C(=O)O. The predicted molar refractivity (Wildman–Crippen MR) is 140 cm³/mol. The molecule has 35 heavy (non-hydrogen) atoms. The first-order valence-corrected chi connectivity index (χ1v) is 13.1. The number of aryl methyl sites for hydroxylation is 1. The van der Waals surface area contributed by atoms with Crippen molar-refractivity contribution in [2.45, 2.75) is 64.6 Å². The van der Waals surface area contributed by atoms with Gasteiger partial charge in [-0.3, -0.25) is 0 Å². The van der Waals surface area contributed by atoms with Gasteiger partial charge in [-0.15, -0.1) is 11.3 Å². The Balaban J connectivity index is 1.71. The zero-order chi connectivity index (χ0) is 24.5. The Labute approximate surface area is 208 Å². The van der Waals surface area contributed by atoms with Crippen LogP contribution in [0, 0.1) is 6.92 Å². The van der Waals surface area contributed by atoms with Crippen LogP contribution in [-0.2, 0) is 16.0 Å². The van der Waals surface area contributed by atoms with Crippen LogP contribution in [0.25, 0.3) is 32.1 Å². The van der Waals surface area contributed by atoms with Crippen molar-refractivity contribution in [1.29, 1.82) is 0 Å². The molecule has 1 aromatic heterocycles. The van der Waals surface area contributed by atoms with Crippen molar-refractivity contribution in [3.8, 4) is 16.9 Å². The van der Waals surface area contributed by atoms with Gasteiger partial charge in [0.2, 0.25) is 0 Å². The highest BCUT2D eigenvalue weighted by atomic mass is 32.1. The first-order chi connectivity index (χ1) is 16.7. The molecule has 6 heteroatoms. The number of carbonyl (C=O) groups is 1. The standard InChI is InChI=1S/C29H29NO4S/c1-15-14-20-26(35-27(30-20)17-8-9-17)24(22(15)25(28(31)32)34-29(2,3)4)19-10-11-21-23-16(12-13-33-21)6-5-7-18(19)23/h5-7,10-11,14,17,25H,8-9,12-13H2,1-4H3,(H,31,32). The predicted octanol–water partition coefficient (Wildman–Crippen LogP) is 7.18. The summed E-state index contributed by atoms with van der Waals surface area (Å²) in [5.74, 6) is 0.427. The highest BCUT2D eigenvalue weighted by Gasteiger charge is 2.34. The molecular formula is C29H29NO4S. The number of nitrogens with zero attached hydrogens (tertiary/aromatic N) is 1. The number of benzene rings is 3. The molecule has 1 aliphatic carbocycles. The number of carboxylic acid groups (broad SMARTS) is 1. The quantitative estimate of drug-likeness (QED) is 0.323. The minimum atomic E-state index is -1.09. The van der Waals surface area contributed by atoms with Crippen LogP contribution in [0.5, 0.6) is 5.75 Å². The number of rotatable bonds is 5. The van der Waals surface area contributed by atoms with E-state index in [1.54, 1.807) is 11.3 Å². The van der Waals surface area contributed by atoms with Gasteiger partial charge in [-0.05, 0) is 80.8 Å². The smallest absolute Gasteiger partial charge is 0.337 e. The fourth-order valence-electron chi connectivity index (χ4n) is 5.19. The van der Waals surface area contributed by atoms with E-state index in [-0.39, 0.29) is 0 Å². The summed E-state index contributed by atoms with van der Waals surface area (Å²) in [7, 11) is 0. The first-order valence-electron chi connectivity index (χ1n) is 12.2. The third kappa shape index (κ3) is 3.89. The molecule has 2 heterocycles. The lowest BCUT2D eigenvalue weighted by molar-refractivity contribution is -0.160. The average Bonchev–Trinajstić information content (AvgIpc) is 3.57. The van der Waals surface area contributed by atoms with E-state index in [0.29, 0.717) is 18.1 Å². The van der Waals surface area contributed by atoms with Gasteiger partial charge in [0, 0.05) is 28.9 Å². The number of thiazole rings is 1. The van der Waals surface area contributed by atoms with Crippen molar-refractivity contribution >= 4 is 38.3 Å². The largest absolute Gasteiger partial charge is 0.493 e. The monoisotopic (exact) mass is 487 g/mol. The molecule has 1 atom stereocenters. The number of hydrogen-bond acceptors (Lipinski definition) is 5. The number of ether oxygens (including phenoxy) is 2. The Bertz CT molecular complexity index is 1480. The van der Waals surface area contributed by atoms with Gasteiger partial charge in [0.25, 0.3) is 0 Å². The van der Waals surface area contributed by atoms with Crippen molar-refractivity contribution in [3.63, 3.8) is 0 Å². The van der Waals surface area contributed by atoms with Crippen LogP contribution < -0.4 is 4.74 Å². The summed E-state index contributed by atoms with van der Waals surface area (Å²) >= 11 is 1.71. The van der Waals surface area contributed by atoms with Gasteiger partial charge in [-0.25, -0.2) is 9.78 Å². The van der Waals surface area contributed by atoms with Crippen LogP contribution in [0.2, 0.25) is 0 Å². The van der Waals surface area contributed by atoms with Gasteiger partial charge < -0.3 is 14.6 Å². The van der Waals surface area contributed by atoms with E-state index in [0.717, 1.165) is 54.9 Å². The second-order valence-corrected chi connectivity index (χ2v) is 11.7. The molecule has 1 N–H and O–H groups in total. The number of aliphatic carboxylic acids is 1. The highest BCUT2D eigenvalue weighted by Crippen LogP contribution is 2.50. The summed E-state index contributed by atoms with van der Waals surface area (Å²) in [4.78, 5) is 17.6. The summed E-state index contributed by atoms with van der Waals surface area (Å²) < 4.78 is 13.2. The Morgan fingerprint density at radius 2 is 2.03 bits per heavy atom. The molecule has 3 aromatic carbocycles. The third-order valence-corrected chi connectivity index (χ3v) is 8.07. The molecule has 6 rings (SSSR count). The van der Waals surface area contributed by atoms with E-state index in [2.05, 4.69) is 24.3 Å². The second kappa shape index (κ2) is 8.04. The van der Waals surface area contributed by atoms with Crippen molar-refractivity contribution < 1.29 is 19.4 Å². The lowest BCUT2D eigenvalue weighted by atomic mass is 9.87. The van der Waals surface area contributed by atoms with Crippen LogP contribution in [0.3, 0.4) is 0 Å². The molecule has 0 amide bonds. The molecule has 0 saturated heterocycles. The van der Waals surface area contributed by atoms with Gasteiger partial charge in [0.15, 0.2) is 6.10 Å². The van der Waals surface area contributed by atoms with E-state index < -0.39 is 17.7 Å². The van der Waals surface area contributed by atoms with Crippen molar-refractivity contribution in [1.82, 2.24) is 4.98 Å². The lowest BCUT2D eigenvalue weighted by Crippen LogP contribution is -2.28. The fraction of sp³-hybridized carbons (Fsp3) is 0.379. The minimum absolute atomic E-state index is 0.523. The van der Waals surface area contributed by atoms with Gasteiger partial charge in [0.1, 0.15) is 5.75 Å². The molecule has 180 valence electrons. The first kappa shape index (κ1) is 22.5. The fourth-order valence-corrected chi connectivity index (χ4v) is 6.48. The van der Waals surface area contributed by atoms with Crippen LogP contribution in [0.15, 0.2) is 36.4 Å². The maximum atomic E-state index is 12.6. The Kier molecular flexibility index (Phi) is 5.17. The lowest BCUT2D eigenvalue weighted by Gasteiger charge is -2.28. The number of carboxylic acids is 1. The molecule has 1 saturated carbocycles. The van der Waals surface area contributed by atoms with E-state index in [9.17, 15) is 9.90 Å². The molecule has 0 bridgehead atoms. The molecule has 1 aliphatic heterocycles. The maximum Gasteiger partial charge on any atom is 0.337 e. The van der Waals surface area contributed by atoms with Crippen LogP contribution in [0.4, 0.5) is 0 Å². The molecule has 1 unspecified atom stereocenters. The highest BCUT2D eigenvalue weighted by molar-refractivity contribution is 7.19. The normalized spacial score (nSPS) is 16.5. The number of fused-ring (bicyclic) bond motifs is 1. The molecule has 4 aromatic rings. The van der Waals surface area contributed by atoms with Gasteiger partial charge in [-0.1, -0.05) is 18.2 Å². The zero-order valence-corrected chi connectivity index (χ0v) is 21.3. The molecule has 1 fully saturated rings. The van der Waals surface area contributed by atoms with E-state index in [4.69, 9.17) is 14.5 Å². The van der Waals surface area contributed by atoms with Crippen molar-refractivity contribution in [2.24, 2.45) is 0 Å². The number of aromatic nitrogens is 1. The third-order valence-electron chi connectivity index (χ3n) is 6.82. The Morgan fingerprint density at radius 3 is 2.74 bits per heavy atom. The summed E-state index contributed by atoms with van der Waals surface area (Å²) in [6.07, 6.45) is 2.11. The maximum absolute atomic E-state index is 12.6. The topological polar surface area (TPSA) is 68.7 Å². The average molecular weight is 488 g/mol. The molecule has 5 nitrogen and oxygen atoms in total. The summed E-state index contributed by atoms with van der Waals surface area (Å²) in [5, 5.41) is 13.7. The van der Waals surface area contributed by atoms with Crippen LogP contribution in [-0.4, -0.2) is 28.3 Å². The van der Waals surface area contributed by atoms with Crippen LogP contribution >= 0.6 is 11.3 Å². The summed E-state index contributed by atoms with van der Waals surface area (Å²) in [5.41, 5.74) is 5.11. The molecular weight excluding hydrogens is 458 g/mol. The zero-order valence-electron chi connectivity index (χ0n) is 20.5. The molecule has 0 spiro atoms. The van der Waals surface area contributed by atoms with E-state index in [1.165, 1.54) is 18.4 Å². The molecule has 2 aliphatic rings. The minimum Gasteiger partial charge on any atom is -0.493 e. The Hall–Kier alpha value is -2.96. The van der Waals surface area contributed by atoms with Gasteiger partial charge in [-0.2, -0.15) is 0 Å². The second-order valence-electron chi connectivity index (χ2n) is 10.7. The Morgan fingerprint density at radius 1 is 1.23 bits per heavy atom. The van der Waals surface area contributed by atoms with Gasteiger partial charge >= 0.3 is 5.97 Å². The van der Waals surface area contributed by atoms with Gasteiger partial charge in [0.05, 0.1) is 27.4 Å². The van der Waals surface area contributed by atoms with Crippen molar-refractivity contribution in [2.75, 3.05) is 6.61 Å². The van der Waals surface area contributed by atoms with Crippen molar-refractivity contribution in [3.05, 3.63) is 58.1 Å². The summed E-state index contributed by atoms with van der Waals surface area (Å²) in [6.45, 7) is 8.34. The number of hydrogen-bond donors (Lipinski definition) is 1. The van der Waals surface area contributed by atoms with E-state index >= 15 is 0 Å².